The van der Waals surface area contributed by atoms with Gasteiger partial charge in [-0.25, -0.2) is 0 Å². The second kappa shape index (κ2) is 9.61. The monoisotopic (exact) mass is 396 g/mol. The van der Waals surface area contributed by atoms with Crippen molar-refractivity contribution in [1.82, 2.24) is 10.2 Å². The standard InChI is InChI=1S/C24H32N2O3/c1-18-17-26(11-13-28-18)10-3-12-29-22-8-9-23-20(14-22)15-25-16-24(23)19-4-6-21(27-2)7-5-19/h4-9,14,18,24-25H,3,10-13,15-17H2,1-2H3. The minimum atomic E-state index is 0.344. The van der Waals surface area contributed by atoms with Crippen LogP contribution in [0.15, 0.2) is 42.5 Å². The molecule has 1 fully saturated rings. The van der Waals surface area contributed by atoms with E-state index in [-0.39, 0.29) is 0 Å². The highest BCUT2D eigenvalue weighted by Gasteiger charge is 2.22. The molecule has 2 aromatic carbocycles. The van der Waals surface area contributed by atoms with Crippen molar-refractivity contribution in [2.45, 2.75) is 31.9 Å². The maximum Gasteiger partial charge on any atom is 0.119 e. The van der Waals surface area contributed by atoms with Crippen molar-refractivity contribution in [2.24, 2.45) is 0 Å². The van der Waals surface area contributed by atoms with Crippen molar-refractivity contribution in [2.75, 3.05) is 46.5 Å². The summed E-state index contributed by atoms with van der Waals surface area (Å²) >= 11 is 0. The summed E-state index contributed by atoms with van der Waals surface area (Å²) in [5.41, 5.74) is 4.04. The third-order valence-corrected chi connectivity index (χ3v) is 5.88. The molecule has 0 aromatic heterocycles. The Hall–Kier alpha value is -2.08. The summed E-state index contributed by atoms with van der Waals surface area (Å²) in [4.78, 5) is 2.47. The number of methoxy groups -OCH3 is 1. The molecule has 2 heterocycles. The number of ether oxygens (including phenoxy) is 3. The van der Waals surface area contributed by atoms with E-state index in [1.54, 1.807) is 7.11 Å². The van der Waals surface area contributed by atoms with Gasteiger partial charge in [0.15, 0.2) is 0 Å². The number of benzene rings is 2. The highest BCUT2D eigenvalue weighted by molar-refractivity contribution is 5.45. The lowest BCUT2D eigenvalue weighted by atomic mass is 9.85. The summed E-state index contributed by atoms with van der Waals surface area (Å²) in [5, 5.41) is 3.55. The Labute approximate surface area is 174 Å². The van der Waals surface area contributed by atoms with Gasteiger partial charge in [0.05, 0.1) is 26.4 Å². The van der Waals surface area contributed by atoms with Crippen LogP contribution in [0.3, 0.4) is 0 Å². The summed E-state index contributed by atoms with van der Waals surface area (Å²) in [5.74, 6) is 2.23. The zero-order chi connectivity index (χ0) is 20.1. The summed E-state index contributed by atoms with van der Waals surface area (Å²) < 4.78 is 17.0. The second-order valence-corrected chi connectivity index (χ2v) is 8.00. The van der Waals surface area contributed by atoms with Crippen LogP contribution in [0.1, 0.15) is 36.0 Å². The Bertz CT molecular complexity index is 793. The Kier molecular flexibility index (Phi) is 6.70. The van der Waals surface area contributed by atoms with Crippen LogP contribution in [0.25, 0.3) is 0 Å². The lowest BCUT2D eigenvalue weighted by Crippen LogP contribution is -2.41. The SMILES string of the molecule is COc1ccc(C2CNCc3cc(OCCCN4CCOC(C)C4)ccc32)cc1. The van der Waals surface area contributed by atoms with E-state index in [0.29, 0.717) is 12.0 Å². The zero-order valence-electron chi connectivity index (χ0n) is 17.5. The Balaban J connectivity index is 1.34. The van der Waals surface area contributed by atoms with E-state index in [0.717, 1.165) is 63.9 Å². The van der Waals surface area contributed by atoms with Crippen molar-refractivity contribution < 1.29 is 14.2 Å². The molecule has 5 heteroatoms. The first kappa shape index (κ1) is 20.2. The summed E-state index contributed by atoms with van der Waals surface area (Å²) in [6, 6.07) is 15.0. The van der Waals surface area contributed by atoms with Crippen molar-refractivity contribution in [1.29, 1.82) is 0 Å². The van der Waals surface area contributed by atoms with E-state index in [2.05, 4.69) is 47.5 Å². The third-order valence-electron chi connectivity index (χ3n) is 5.88. The first-order chi connectivity index (χ1) is 14.2. The van der Waals surface area contributed by atoms with Gasteiger partial charge in [0.1, 0.15) is 11.5 Å². The van der Waals surface area contributed by atoms with E-state index in [1.807, 2.05) is 12.1 Å². The van der Waals surface area contributed by atoms with Crippen LogP contribution in [0.2, 0.25) is 0 Å². The van der Waals surface area contributed by atoms with E-state index in [4.69, 9.17) is 14.2 Å². The fraction of sp³-hybridized carbons (Fsp3) is 0.500. The van der Waals surface area contributed by atoms with Gasteiger partial charge in [0.2, 0.25) is 0 Å². The third kappa shape index (κ3) is 5.10. The Morgan fingerprint density at radius 2 is 1.97 bits per heavy atom. The van der Waals surface area contributed by atoms with Crippen molar-refractivity contribution in [3.63, 3.8) is 0 Å². The molecule has 2 aromatic rings. The van der Waals surface area contributed by atoms with Crippen LogP contribution in [-0.2, 0) is 11.3 Å². The molecule has 29 heavy (non-hydrogen) atoms. The van der Waals surface area contributed by atoms with Crippen molar-refractivity contribution >= 4 is 0 Å². The van der Waals surface area contributed by atoms with Gasteiger partial charge in [0, 0.05) is 38.6 Å². The number of hydrogen-bond donors (Lipinski definition) is 1. The van der Waals surface area contributed by atoms with Crippen LogP contribution >= 0.6 is 0 Å². The number of morpholine rings is 1. The van der Waals surface area contributed by atoms with Gasteiger partial charge in [-0.3, -0.25) is 4.90 Å². The van der Waals surface area contributed by atoms with Crippen LogP contribution in [0.4, 0.5) is 0 Å². The molecule has 0 saturated carbocycles. The molecule has 5 nitrogen and oxygen atoms in total. The van der Waals surface area contributed by atoms with Gasteiger partial charge in [0.25, 0.3) is 0 Å². The number of fused-ring (bicyclic) bond motifs is 1. The fourth-order valence-electron chi connectivity index (χ4n) is 4.33. The molecule has 2 unspecified atom stereocenters. The van der Waals surface area contributed by atoms with Crippen molar-refractivity contribution in [3.05, 3.63) is 59.2 Å². The summed E-state index contributed by atoms with van der Waals surface area (Å²) in [7, 11) is 1.70. The molecule has 4 rings (SSSR count). The quantitative estimate of drug-likeness (QED) is 0.727. The average molecular weight is 397 g/mol. The average Bonchev–Trinajstić information content (AvgIpc) is 2.76. The number of nitrogens with zero attached hydrogens (tertiary/aromatic N) is 1. The lowest BCUT2D eigenvalue weighted by molar-refractivity contribution is -0.0193. The molecule has 1 N–H and O–H groups in total. The predicted molar refractivity (Wildman–Crippen MR) is 115 cm³/mol. The van der Waals surface area contributed by atoms with Gasteiger partial charge >= 0.3 is 0 Å². The van der Waals surface area contributed by atoms with Crippen LogP contribution in [-0.4, -0.2) is 57.5 Å². The topological polar surface area (TPSA) is 43.0 Å². The molecular weight excluding hydrogens is 364 g/mol. The molecule has 0 amide bonds. The minimum absolute atomic E-state index is 0.344. The number of nitrogens with one attached hydrogen (secondary N) is 1. The highest BCUT2D eigenvalue weighted by Crippen LogP contribution is 2.33. The molecule has 1 saturated heterocycles. The number of rotatable bonds is 7. The van der Waals surface area contributed by atoms with E-state index in [1.165, 1.54) is 16.7 Å². The maximum atomic E-state index is 6.06. The Morgan fingerprint density at radius 1 is 1.14 bits per heavy atom. The zero-order valence-corrected chi connectivity index (χ0v) is 17.5. The van der Waals surface area contributed by atoms with Gasteiger partial charge in [-0.15, -0.1) is 0 Å². The molecule has 2 aliphatic heterocycles. The fourth-order valence-corrected chi connectivity index (χ4v) is 4.33. The molecule has 2 aliphatic rings. The molecule has 0 aliphatic carbocycles. The smallest absolute Gasteiger partial charge is 0.119 e. The molecule has 0 bridgehead atoms. The molecule has 2 atom stereocenters. The van der Waals surface area contributed by atoms with Crippen LogP contribution in [0, 0.1) is 0 Å². The second-order valence-electron chi connectivity index (χ2n) is 8.00. The minimum Gasteiger partial charge on any atom is -0.497 e. The first-order valence-corrected chi connectivity index (χ1v) is 10.7. The van der Waals surface area contributed by atoms with Gasteiger partial charge in [-0.1, -0.05) is 18.2 Å². The lowest BCUT2D eigenvalue weighted by Gasteiger charge is -2.31. The maximum absolute atomic E-state index is 6.06. The summed E-state index contributed by atoms with van der Waals surface area (Å²) in [6.07, 6.45) is 1.38. The van der Waals surface area contributed by atoms with Gasteiger partial charge in [-0.2, -0.15) is 0 Å². The molecular formula is C24H32N2O3. The van der Waals surface area contributed by atoms with E-state index >= 15 is 0 Å². The van der Waals surface area contributed by atoms with E-state index < -0.39 is 0 Å². The number of hydrogen-bond acceptors (Lipinski definition) is 5. The Morgan fingerprint density at radius 3 is 2.76 bits per heavy atom. The van der Waals surface area contributed by atoms with Gasteiger partial charge < -0.3 is 19.5 Å². The normalized spacial score (nSPS) is 22.1. The van der Waals surface area contributed by atoms with E-state index in [9.17, 15) is 0 Å². The largest absolute Gasteiger partial charge is 0.497 e. The first-order valence-electron chi connectivity index (χ1n) is 10.7. The van der Waals surface area contributed by atoms with Gasteiger partial charge in [-0.05, 0) is 54.3 Å². The van der Waals surface area contributed by atoms with Crippen LogP contribution < -0.4 is 14.8 Å². The molecule has 0 radical (unpaired) electrons. The molecule has 0 spiro atoms. The molecule has 156 valence electrons. The van der Waals surface area contributed by atoms with Crippen molar-refractivity contribution in [3.8, 4) is 11.5 Å². The summed E-state index contributed by atoms with van der Waals surface area (Å²) in [6.45, 7) is 8.71. The highest BCUT2D eigenvalue weighted by atomic mass is 16.5. The van der Waals surface area contributed by atoms with Crippen LogP contribution in [0.5, 0.6) is 11.5 Å². The predicted octanol–water partition coefficient (Wildman–Crippen LogP) is 3.42.